The summed E-state index contributed by atoms with van der Waals surface area (Å²) in [6.45, 7) is 11.2. The molecular weight excluding hydrogens is 168 g/mol. The van der Waals surface area contributed by atoms with Crippen LogP contribution < -0.4 is 0 Å². The molecule has 0 amide bonds. The van der Waals surface area contributed by atoms with Gasteiger partial charge in [-0.15, -0.1) is 0 Å². The molecule has 0 spiro atoms. The van der Waals surface area contributed by atoms with Gasteiger partial charge in [-0.05, 0) is 36.3 Å². The van der Waals surface area contributed by atoms with E-state index in [-0.39, 0.29) is 0 Å². The van der Waals surface area contributed by atoms with Crippen molar-refractivity contribution >= 4 is 0 Å². The van der Waals surface area contributed by atoms with Crippen LogP contribution in [0.1, 0.15) is 47.5 Å². The lowest BCUT2D eigenvalue weighted by molar-refractivity contribution is 0.496. The van der Waals surface area contributed by atoms with Gasteiger partial charge in [-0.1, -0.05) is 51.5 Å². The van der Waals surface area contributed by atoms with E-state index in [1.807, 2.05) is 0 Å². The van der Waals surface area contributed by atoms with E-state index in [9.17, 15) is 0 Å². The van der Waals surface area contributed by atoms with Crippen LogP contribution >= 0.6 is 0 Å². The first-order valence-corrected chi connectivity index (χ1v) is 5.55. The molecule has 0 aromatic heterocycles. The molecule has 1 rings (SSSR count). The van der Waals surface area contributed by atoms with Crippen molar-refractivity contribution < 1.29 is 0 Å². The second-order valence-electron chi connectivity index (χ2n) is 4.98. The van der Waals surface area contributed by atoms with Crippen LogP contribution in [0.4, 0.5) is 0 Å². The normalized spacial score (nSPS) is 23.4. The summed E-state index contributed by atoms with van der Waals surface area (Å²) >= 11 is 0. The summed E-state index contributed by atoms with van der Waals surface area (Å²) in [5, 5.41) is 0. The molecule has 0 N–H and O–H groups in total. The minimum atomic E-state index is 0.317. The number of hydrogen-bond donors (Lipinski definition) is 0. The van der Waals surface area contributed by atoms with Crippen molar-refractivity contribution in [3.05, 3.63) is 34.9 Å². The second-order valence-corrected chi connectivity index (χ2v) is 4.98. The molecule has 78 valence electrons. The van der Waals surface area contributed by atoms with Crippen LogP contribution in [0.5, 0.6) is 0 Å². The molecule has 0 fully saturated rings. The van der Waals surface area contributed by atoms with Crippen LogP contribution in [0.3, 0.4) is 0 Å². The third kappa shape index (κ3) is 2.37. The Morgan fingerprint density at radius 3 is 2.43 bits per heavy atom. The third-order valence-electron chi connectivity index (χ3n) is 2.82. The van der Waals surface area contributed by atoms with E-state index in [1.165, 1.54) is 11.1 Å². The van der Waals surface area contributed by atoms with Crippen molar-refractivity contribution in [1.82, 2.24) is 0 Å². The first-order valence-electron chi connectivity index (χ1n) is 5.55. The van der Waals surface area contributed by atoms with Crippen molar-refractivity contribution in [2.45, 2.75) is 47.5 Å². The Balaban J connectivity index is 2.98. The molecule has 1 aliphatic carbocycles. The quantitative estimate of drug-likeness (QED) is 0.565. The number of allylic oxidation sites excluding steroid dienone is 6. The van der Waals surface area contributed by atoms with Crippen LogP contribution in [-0.4, -0.2) is 0 Å². The summed E-state index contributed by atoms with van der Waals surface area (Å²) < 4.78 is 0. The zero-order chi connectivity index (χ0) is 10.8. The molecule has 0 aliphatic heterocycles. The Bertz CT molecular complexity index is 292. The fourth-order valence-corrected chi connectivity index (χ4v) is 1.80. The highest BCUT2D eigenvalue weighted by Gasteiger charge is 2.23. The maximum absolute atomic E-state index is 2.37. The highest BCUT2D eigenvalue weighted by atomic mass is 14.3. The lowest BCUT2D eigenvalue weighted by atomic mass is 9.86. The molecule has 0 atom stereocenters. The van der Waals surface area contributed by atoms with Gasteiger partial charge in [0.1, 0.15) is 0 Å². The maximum atomic E-state index is 2.37. The van der Waals surface area contributed by atoms with Crippen LogP contribution in [0.2, 0.25) is 0 Å². The van der Waals surface area contributed by atoms with Crippen molar-refractivity contribution in [2.75, 3.05) is 0 Å². The first-order chi connectivity index (χ1) is 6.49. The molecular formula is C14H22. The van der Waals surface area contributed by atoms with Gasteiger partial charge in [-0.3, -0.25) is 0 Å². The van der Waals surface area contributed by atoms with Crippen LogP contribution in [0.15, 0.2) is 34.9 Å². The monoisotopic (exact) mass is 190 g/mol. The predicted molar refractivity (Wildman–Crippen MR) is 64.3 cm³/mol. The van der Waals surface area contributed by atoms with Crippen LogP contribution in [-0.2, 0) is 0 Å². The van der Waals surface area contributed by atoms with Crippen molar-refractivity contribution in [3.8, 4) is 0 Å². The third-order valence-corrected chi connectivity index (χ3v) is 2.82. The Morgan fingerprint density at radius 2 is 2.00 bits per heavy atom. The van der Waals surface area contributed by atoms with Gasteiger partial charge in [0.25, 0.3) is 0 Å². The molecule has 0 aromatic carbocycles. The first kappa shape index (κ1) is 11.3. The second kappa shape index (κ2) is 4.16. The summed E-state index contributed by atoms with van der Waals surface area (Å²) in [5.74, 6) is 0. The lowest BCUT2D eigenvalue weighted by Gasteiger charge is -2.19. The highest BCUT2D eigenvalue weighted by molar-refractivity contribution is 5.51. The van der Waals surface area contributed by atoms with E-state index >= 15 is 0 Å². The summed E-state index contributed by atoms with van der Waals surface area (Å²) in [6.07, 6.45) is 9.22. The topological polar surface area (TPSA) is 0 Å². The highest BCUT2D eigenvalue weighted by Crippen LogP contribution is 2.39. The van der Waals surface area contributed by atoms with Gasteiger partial charge in [0, 0.05) is 0 Å². The molecule has 1 aliphatic rings. The molecule has 14 heavy (non-hydrogen) atoms. The molecule has 0 bridgehead atoms. The van der Waals surface area contributed by atoms with E-state index in [0.29, 0.717) is 5.41 Å². The summed E-state index contributed by atoms with van der Waals surface area (Å²) in [5.41, 5.74) is 4.82. The van der Waals surface area contributed by atoms with Gasteiger partial charge in [0.15, 0.2) is 0 Å². The largest absolute Gasteiger partial charge is 0.0835 e. The molecule has 0 radical (unpaired) electrons. The van der Waals surface area contributed by atoms with Crippen LogP contribution in [0.25, 0.3) is 0 Å². The molecule has 0 aromatic rings. The average molecular weight is 190 g/mol. The van der Waals surface area contributed by atoms with Crippen LogP contribution in [0, 0.1) is 5.41 Å². The molecule has 0 saturated heterocycles. The van der Waals surface area contributed by atoms with E-state index in [1.54, 1.807) is 5.57 Å². The van der Waals surface area contributed by atoms with E-state index < -0.39 is 0 Å². The predicted octanol–water partition coefficient (Wildman–Crippen LogP) is 4.65. The van der Waals surface area contributed by atoms with Gasteiger partial charge in [-0.25, -0.2) is 0 Å². The molecule has 0 heterocycles. The number of hydrogen-bond acceptors (Lipinski definition) is 0. The Hall–Kier alpha value is -0.780. The molecule has 0 saturated carbocycles. The smallest absolute Gasteiger partial charge is 0.00560 e. The Labute approximate surface area is 88.4 Å². The minimum Gasteiger partial charge on any atom is -0.0835 e. The van der Waals surface area contributed by atoms with E-state index in [0.717, 1.165) is 12.8 Å². The summed E-state index contributed by atoms with van der Waals surface area (Å²) in [6, 6.07) is 0. The van der Waals surface area contributed by atoms with Gasteiger partial charge in [0.2, 0.25) is 0 Å². The van der Waals surface area contributed by atoms with E-state index in [2.05, 4.69) is 52.8 Å². The summed E-state index contributed by atoms with van der Waals surface area (Å²) in [7, 11) is 0. The Morgan fingerprint density at radius 1 is 1.36 bits per heavy atom. The van der Waals surface area contributed by atoms with Gasteiger partial charge in [-0.2, -0.15) is 0 Å². The SMILES string of the molecule is C/C=C1/CC(C(C)(C)C)=C/C1=C/CC. The lowest BCUT2D eigenvalue weighted by Crippen LogP contribution is -2.07. The fourth-order valence-electron chi connectivity index (χ4n) is 1.80. The fraction of sp³-hybridized carbons (Fsp3) is 0.571. The van der Waals surface area contributed by atoms with Gasteiger partial charge >= 0.3 is 0 Å². The zero-order valence-corrected chi connectivity index (χ0v) is 10.1. The molecule has 0 nitrogen and oxygen atoms in total. The van der Waals surface area contributed by atoms with Gasteiger partial charge < -0.3 is 0 Å². The zero-order valence-electron chi connectivity index (χ0n) is 10.1. The van der Waals surface area contributed by atoms with E-state index in [4.69, 9.17) is 0 Å². The maximum Gasteiger partial charge on any atom is -0.00560 e. The van der Waals surface area contributed by atoms with Crippen molar-refractivity contribution in [3.63, 3.8) is 0 Å². The summed E-state index contributed by atoms with van der Waals surface area (Å²) in [4.78, 5) is 0. The van der Waals surface area contributed by atoms with Gasteiger partial charge in [0.05, 0.1) is 0 Å². The van der Waals surface area contributed by atoms with Crippen molar-refractivity contribution in [2.24, 2.45) is 5.41 Å². The number of rotatable bonds is 1. The molecule has 0 unspecified atom stereocenters. The average Bonchev–Trinajstić information content (AvgIpc) is 2.47. The van der Waals surface area contributed by atoms with Crippen molar-refractivity contribution in [1.29, 1.82) is 0 Å². The standard InChI is InChI=1S/C14H22/c1-6-8-12-10-13(14(3,4)5)9-11(12)7-2/h7-8,10H,6,9H2,1-5H3/b11-7-,12-8-. The Kier molecular flexibility index (Phi) is 3.36. The molecule has 0 heteroatoms. The minimum absolute atomic E-state index is 0.317.